The summed E-state index contributed by atoms with van der Waals surface area (Å²) in [5, 5.41) is 8.96. The third-order valence-electron chi connectivity index (χ3n) is 3.61. The molecule has 0 fully saturated rings. The normalized spacial score (nSPS) is 11.7. The van der Waals surface area contributed by atoms with E-state index in [0.29, 0.717) is 0 Å². The van der Waals surface area contributed by atoms with Crippen LogP contribution >= 0.6 is 22.7 Å². The molecule has 0 aliphatic carbocycles. The number of aryl methyl sites for hydroxylation is 2. The van der Waals surface area contributed by atoms with Crippen molar-refractivity contribution in [3.05, 3.63) is 38.5 Å². The molecule has 2 aromatic heterocycles. The fourth-order valence-corrected chi connectivity index (χ4v) is 3.86. The van der Waals surface area contributed by atoms with Gasteiger partial charge in [0.2, 0.25) is 0 Å². The van der Waals surface area contributed by atoms with E-state index in [1.165, 1.54) is 9.88 Å². The van der Waals surface area contributed by atoms with E-state index < -0.39 is 0 Å². The van der Waals surface area contributed by atoms with E-state index in [4.69, 9.17) is 0 Å². The maximum Gasteiger partial charge on any atom is 0.193 e. The van der Waals surface area contributed by atoms with Crippen LogP contribution in [-0.2, 0) is 12.8 Å². The summed E-state index contributed by atoms with van der Waals surface area (Å²) in [6.45, 7) is 4.00. The number of unbranched alkanes of at least 4 members (excludes halogenated alkanes) is 1. The zero-order valence-electron chi connectivity index (χ0n) is 14.2. The van der Waals surface area contributed by atoms with E-state index >= 15 is 0 Å². The smallest absolute Gasteiger partial charge is 0.193 e. The Morgan fingerprint density at radius 1 is 1.30 bits per heavy atom. The van der Waals surface area contributed by atoms with Crippen LogP contribution in [0.25, 0.3) is 0 Å². The number of likely N-dealkylation sites (N-methyl/N-ethyl adjacent to an activating group) is 1. The van der Waals surface area contributed by atoms with Crippen LogP contribution in [0.2, 0.25) is 0 Å². The molecule has 0 bridgehead atoms. The molecule has 0 amide bonds. The molecule has 126 valence electrons. The van der Waals surface area contributed by atoms with Gasteiger partial charge in [0.05, 0.1) is 5.01 Å². The molecular formula is C17H26N4S2. The van der Waals surface area contributed by atoms with Crippen molar-refractivity contribution in [2.24, 2.45) is 4.99 Å². The molecule has 23 heavy (non-hydrogen) atoms. The molecule has 0 radical (unpaired) electrons. The number of rotatable bonds is 8. The molecule has 0 aliphatic rings. The average Bonchev–Trinajstić information content (AvgIpc) is 3.20. The van der Waals surface area contributed by atoms with Crippen molar-refractivity contribution in [1.82, 2.24) is 15.2 Å². The highest BCUT2D eigenvalue weighted by molar-refractivity contribution is 7.10. The van der Waals surface area contributed by atoms with Crippen LogP contribution in [0.4, 0.5) is 0 Å². The van der Waals surface area contributed by atoms with E-state index in [9.17, 15) is 0 Å². The summed E-state index contributed by atoms with van der Waals surface area (Å²) in [5.41, 5.74) is 1.14. The van der Waals surface area contributed by atoms with Gasteiger partial charge in [-0.15, -0.1) is 22.7 Å². The predicted octanol–water partition coefficient (Wildman–Crippen LogP) is 3.59. The largest absolute Gasteiger partial charge is 0.356 e. The van der Waals surface area contributed by atoms with Gasteiger partial charge >= 0.3 is 0 Å². The van der Waals surface area contributed by atoms with Crippen LogP contribution < -0.4 is 5.32 Å². The van der Waals surface area contributed by atoms with Gasteiger partial charge in [0, 0.05) is 43.1 Å². The lowest BCUT2D eigenvalue weighted by Crippen LogP contribution is -2.40. The molecule has 0 saturated carbocycles. The van der Waals surface area contributed by atoms with Crippen LogP contribution in [0.3, 0.4) is 0 Å². The van der Waals surface area contributed by atoms with Gasteiger partial charge in [-0.3, -0.25) is 4.99 Å². The third kappa shape index (κ3) is 6.31. The summed E-state index contributed by atoms with van der Waals surface area (Å²) in [6.07, 6.45) is 4.44. The van der Waals surface area contributed by atoms with Crippen molar-refractivity contribution in [2.75, 3.05) is 27.2 Å². The van der Waals surface area contributed by atoms with Crippen molar-refractivity contribution >= 4 is 28.6 Å². The van der Waals surface area contributed by atoms with Gasteiger partial charge in [0.1, 0.15) is 0 Å². The molecule has 2 rings (SSSR count). The fourth-order valence-electron chi connectivity index (χ4n) is 2.34. The number of hydrogen-bond acceptors (Lipinski definition) is 4. The molecule has 0 aromatic carbocycles. The van der Waals surface area contributed by atoms with Crippen LogP contribution in [0, 0.1) is 6.92 Å². The zero-order chi connectivity index (χ0) is 16.5. The number of nitrogens with one attached hydrogen (secondary N) is 1. The summed E-state index contributed by atoms with van der Waals surface area (Å²) in [7, 11) is 3.95. The average molecular weight is 351 g/mol. The van der Waals surface area contributed by atoms with Gasteiger partial charge in [0.15, 0.2) is 5.96 Å². The molecule has 0 saturated heterocycles. The highest BCUT2D eigenvalue weighted by Gasteiger charge is 2.06. The minimum Gasteiger partial charge on any atom is -0.356 e. The summed E-state index contributed by atoms with van der Waals surface area (Å²) >= 11 is 3.58. The van der Waals surface area contributed by atoms with E-state index in [-0.39, 0.29) is 0 Å². The molecule has 1 N–H and O–H groups in total. The second-order valence-electron chi connectivity index (χ2n) is 5.56. The lowest BCUT2D eigenvalue weighted by molar-refractivity contribution is 0.484. The van der Waals surface area contributed by atoms with Gasteiger partial charge in [-0.2, -0.15) is 0 Å². The van der Waals surface area contributed by atoms with E-state index in [1.807, 2.05) is 18.4 Å². The van der Waals surface area contributed by atoms with Crippen LogP contribution in [0.5, 0.6) is 0 Å². The molecule has 2 heterocycles. The fraction of sp³-hybridized carbons (Fsp3) is 0.529. The van der Waals surface area contributed by atoms with Crippen LogP contribution in [0.1, 0.15) is 28.4 Å². The number of guanidine groups is 1. The minimum atomic E-state index is 0.959. The number of hydrogen-bond donors (Lipinski definition) is 1. The zero-order valence-corrected chi connectivity index (χ0v) is 15.8. The molecule has 0 spiro atoms. The lowest BCUT2D eigenvalue weighted by atomic mass is 10.2. The predicted molar refractivity (Wildman–Crippen MR) is 102 cm³/mol. The standard InChI is InChI=1S/C17H26N4S2/c1-14-13-23-16(20-14)8-4-5-10-19-17(18-2)21(3)11-9-15-7-6-12-22-15/h6-7,12-13H,4-5,8-11H2,1-3H3,(H,18,19). The highest BCUT2D eigenvalue weighted by atomic mass is 32.1. The Labute approximate surface area is 147 Å². The maximum absolute atomic E-state index is 4.50. The molecular weight excluding hydrogens is 324 g/mol. The van der Waals surface area contributed by atoms with Crippen molar-refractivity contribution in [1.29, 1.82) is 0 Å². The quantitative estimate of drug-likeness (QED) is 0.449. The van der Waals surface area contributed by atoms with Crippen molar-refractivity contribution in [2.45, 2.75) is 32.6 Å². The van der Waals surface area contributed by atoms with Crippen LogP contribution in [-0.4, -0.2) is 43.0 Å². The Morgan fingerprint density at radius 2 is 2.17 bits per heavy atom. The summed E-state index contributed by atoms with van der Waals surface area (Å²) in [6, 6.07) is 4.30. The minimum absolute atomic E-state index is 0.959. The first-order chi connectivity index (χ1) is 11.2. The topological polar surface area (TPSA) is 40.5 Å². The molecule has 0 aliphatic heterocycles. The van der Waals surface area contributed by atoms with Crippen molar-refractivity contribution in [3.63, 3.8) is 0 Å². The first-order valence-corrected chi connectivity index (χ1v) is 9.80. The molecule has 6 heteroatoms. The number of nitrogens with zero attached hydrogens (tertiary/aromatic N) is 3. The molecule has 2 aromatic rings. The second-order valence-corrected chi connectivity index (χ2v) is 7.54. The molecule has 0 unspecified atom stereocenters. The van der Waals surface area contributed by atoms with Gasteiger partial charge in [-0.05, 0) is 44.1 Å². The maximum atomic E-state index is 4.50. The molecule has 4 nitrogen and oxygen atoms in total. The van der Waals surface area contributed by atoms with E-state index in [2.05, 4.69) is 57.1 Å². The summed E-state index contributed by atoms with van der Waals surface area (Å²) in [5.74, 6) is 0.978. The second kappa shape index (κ2) is 9.67. The Bertz CT molecular complexity index is 590. The van der Waals surface area contributed by atoms with Gasteiger partial charge < -0.3 is 10.2 Å². The third-order valence-corrected chi connectivity index (χ3v) is 5.58. The Kier molecular flexibility index (Phi) is 7.55. The number of aromatic nitrogens is 1. The highest BCUT2D eigenvalue weighted by Crippen LogP contribution is 2.11. The van der Waals surface area contributed by atoms with E-state index in [1.54, 1.807) is 11.3 Å². The van der Waals surface area contributed by atoms with Crippen LogP contribution in [0.15, 0.2) is 27.9 Å². The monoisotopic (exact) mass is 350 g/mol. The Hall–Kier alpha value is -1.40. The summed E-state index contributed by atoms with van der Waals surface area (Å²) in [4.78, 5) is 12.5. The Balaban J connectivity index is 1.62. The first kappa shape index (κ1) is 17.9. The lowest BCUT2D eigenvalue weighted by Gasteiger charge is -2.21. The summed E-state index contributed by atoms with van der Waals surface area (Å²) < 4.78 is 0. The number of aliphatic imine (C=N–C) groups is 1. The SMILES string of the molecule is CN=C(NCCCCc1nc(C)cs1)N(C)CCc1cccs1. The van der Waals surface area contributed by atoms with Gasteiger partial charge in [-0.1, -0.05) is 6.07 Å². The molecule has 0 atom stereocenters. The number of thiophene rings is 1. The van der Waals surface area contributed by atoms with Crippen molar-refractivity contribution in [3.8, 4) is 0 Å². The Morgan fingerprint density at radius 3 is 2.83 bits per heavy atom. The van der Waals surface area contributed by atoms with Gasteiger partial charge in [0.25, 0.3) is 0 Å². The van der Waals surface area contributed by atoms with Crippen molar-refractivity contribution < 1.29 is 0 Å². The number of thiazole rings is 1. The first-order valence-electron chi connectivity index (χ1n) is 8.04. The van der Waals surface area contributed by atoms with E-state index in [0.717, 1.165) is 50.4 Å². The van der Waals surface area contributed by atoms with Gasteiger partial charge in [-0.25, -0.2) is 4.98 Å².